The van der Waals surface area contributed by atoms with Gasteiger partial charge < -0.3 is 9.88 Å². The number of imidazole rings is 1. The molecule has 0 radical (unpaired) electrons. The monoisotopic (exact) mass is 389 g/mol. The van der Waals surface area contributed by atoms with E-state index in [1.807, 2.05) is 35.0 Å². The first-order valence-electron chi connectivity index (χ1n) is 6.93. The number of hydrogen-bond acceptors (Lipinski definition) is 2. The van der Waals surface area contributed by atoms with Crippen molar-refractivity contribution >= 4 is 39.1 Å². The van der Waals surface area contributed by atoms with Gasteiger partial charge in [-0.05, 0) is 51.8 Å². The molecule has 23 heavy (non-hydrogen) atoms. The Morgan fingerprint density at radius 3 is 2.65 bits per heavy atom. The Balaban J connectivity index is 1.68. The zero-order valence-electron chi connectivity index (χ0n) is 12.0. The van der Waals surface area contributed by atoms with E-state index in [9.17, 15) is 4.79 Å². The van der Waals surface area contributed by atoms with Crippen molar-refractivity contribution in [3.05, 3.63) is 81.8 Å². The first-order valence-corrected chi connectivity index (χ1v) is 8.10. The predicted molar refractivity (Wildman–Crippen MR) is 94.9 cm³/mol. The Labute approximate surface area is 147 Å². The molecule has 2 aromatic carbocycles. The lowest BCUT2D eigenvalue weighted by atomic mass is 10.1. The van der Waals surface area contributed by atoms with E-state index in [0.717, 1.165) is 16.6 Å². The number of aromatic nitrogens is 2. The van der Waals surface area contributed by atoms with E-state index < -0.39 is 0 Å². The molecule has 0 aliphatic heterocycles. The zero-order chi connectivity index (χ0) is 16.2. The van der Waals surface area contributed by atoms with Crippen LogP contribution < -0.4 is 5.32 Å². The van der Waals surface area contributed by atoms with Crippen LogP contribution in [-0.4, -0.2) is 15.5 Å². The van der Waals surface area contributed by atoms with Crippen LogP contribution in [0.2, 0.25) is 5.02 Å². The van der Waals surface area contributed by atoms with Crippen molar-refractivity contribution in [2.75, 3.05) is 5.32 Å². The number of hydrogen-bond donors (Lipinski definition) is 1. The molecule has 0 aliphatic carbocycles. The van der Waals surface area contributed by atoms with Crippen LogP contribution in [0.3, 0.4) is 0 Å². The number of benzene rings is 2. The summed E-state index contributed by atoms with van der Waals surface area (Å²) in [6.07, 6.45) is 5.40. The van der Waals surface area contributed by atoms with E-state index in [4.69, 9.17) is 11.6 Å². The van der Waals surface area contributed by atoms with Crippen molar-refractivity contribution in [2.45, 2.75) is 6.54 Å². The number of rotatable bonds is 4. The summed E-state index contributed by atoms with van der Waals surface area (Å²) in [6, 6.07) is 12.8. The number of anilines is 1. The van der Waals surface area contributed by atoms with Crippen molar-refractivity contribution in [3.63, 3.8) is 0 Å². The third-order valence-electron chi connectivity index (χ3n) is 3.32. The number of carbonyl (C=O) groups excluding carboxylic acids is 1. The van der Waals surface area contributed by atoms with Crippen LogP contribution in [0.5, 0.6) is 0 Å². The molecule has 6 heteroatoms. The molecule has 0 saturated heterocycles. The summed E-state index contributed by atoms with van der Waals surface area (Å²) < 4.78 is 2.76. The molecular formula is C17H13BrClN3O. The van der Waals surface area contributed by atoms with Gasteiger partial charge in [0.05, 0.1) is 11.3 Å². The maximum absolute atomic E-state index is 12.3. The minimum absolute atomic E-state index is 0.169. The van der Waals surface area contributed by atoms with Gasteiger partial charge >= 0.3 is 0 Å². The second kappa shape index (κ2) is 6.98. The third kappa shape index (κ3) is 4.00. The summed E-state index contributed by atoms with van der Waals surface area (Å²) in [5.41, 5.74) is 2.36. The fourth-order valence-electron chi connectivity index (χ4n) is 2.13. The summed E-state index contributed by atoms with van der Waals surface area (Å²) >= 11 is 9.35. The van der Waals surface area contributed by atoms with E-state index >= 15 is 0 Å². The smallest absolute Gasteiger partial charge is 0.255 e. The molecule has 3 rings (SSSR count). The Bertz CT molecular complexity index is 816. The van der Waals surface area contributed by atoms with Crippen LogP contribution >= 0.6 is 27.5 Å². The van der Waals surface area contributed by atoms with Gasteiger partial charge in [0.15, 0.2) is 0 Å². The topological polar surface area (TPSA) is 46.9 Å². The SMILES string of the molecule is O=C(Nc1ccc(Br)c(Cl)c1)c1ccc(Cn2ccnc2)cc1. The molecule has 0 fully saturated rings. The fraction of sp³-hybridized carbons (Fsp3) is 0.0588. The van der Waals surface area contributed by atoms with Crippen molar-refractivity contribution in [3.8, 4) is 0 Å². The minimum Gasteiger partial charge on any atom is -0.333 e. The normalized spacial score (nSPS) is 10.5. The first-order chi connectivity index (χ1) is 11.1. The summed E-state index contributed by atoms with van der Waals surface area (Å²) in [6.45, 7) is 0.726. The number of carbonyl (C=O) groups is 1. The number of nitrogens with one attached hydrogen (secondary N) is 1. The van der Waals surface area contributed by atoms with Crippen molar-refractivity contribution in [1.82, 2.24) is 9.55 Å². The van der Waals surface area contributed by atoms with Gasteiger partial charge in [-0.2, -0.15) is 0 Å². The van der Waals surface area contributed by atoms with E-state index in [0.29, 0.717) is 16.3 Å². The highest BCUT2D eigenvalue weighted by molar-refractivity contribution is 9.10. The second-order valence-electron chi connectivity index (χ2n) is 5.01. The molecule has 0 aliphatic rings. The van der Waals surface area contributed by atoms with Crippen LogP contribution in [-0.2, 0) is 6.54 Å². The number of halogens is 2. The van der Waals surface area contributed by atoms with Crippen molar-refractivity contribution < 1.29 is 4.79 Å². The molecule has 3 aromatic rings. The van der Waals surface area contributed by atoms with Gasteiger partial charge in [-0.25, -0.2) is 4.98 Å². The quantitative estimate of drug-likeness (QED) is 0.708. The summed E-state index contributed by atoms with van der Waals surface area (Å²) in [5, 5.41) is 3.39. The number of amides is 1. The summed E-state index contributed by atoms with van der Waals surface area (Å²) in [5.74, 6) is -0.169. The van der Waals surface area contributed by atoms with Gasteiger partial charge in [-0.3, -0.25) is 4.79 Å². The average Bonchev–Trinajstić information content (AvgIpc) is 3.04. The maximum atomic E-state index is 12.3. The Hall–Kier alpha value is -2.11. The molecule has 0 atom stereocenters. The fourth-order valence-corrected chi connectivity index (χ4v) is 2.56. The molecule has 1 aromatic heterocycles. The third-order valence-corrected chi connectivity index (χ3v) is 4.55. The van der Waals surface area contributed by atoms with Crippen LogP contribution in [0.15, 0.2) is 65.7 Å². The molecule has 0 unspecified atom stereocenters. The van der Waals surface area contributed by atoms with Gasteiger partial charge in [-0.1, -0.05) is 23.7 Å². The lowest BCUT2D eigenvalue weighted by Gasteiger charge is -2.08. The van der Waals surface area contributed by atoms with Gasteiger partial charge in [0.1, 0.15) is 0 Å². The molecule has 4 nitrogen and oxygen atoms in total. The van der Waals surface area contributed by atoms with Crippen molar-refractivity contribution in [2.24, 2.45) is 0 Å². The van der Waals surface area contributed by atoms with Crippen LogP contribution in [0.25, 0.3) is 0 Å². The molecule has 1 heterocycles. The predicted octanol–water partition coefficient (Wildman–Crippen LogP) is 4.60. The Kier molecular flexibility index (Phi) is 4.79. The van der Waals surface area contributed by atoms with E-state index in [1.165, 1.54) is 0 Å². The molecule has 1 N–H and O–H groups in total. The molecule has 0 saturated carbocycles. The average molecular weight is 391 g/mol. The van der Waals surface area contributed by atoms with Crippen LogP contribution in [0.1, 0.15) is 15.9 Å². The van der Waals surface area contributed by atoms with Gasteiger partial charge in [0.2, 0.25) is 0 Å². The standard InChI is InChI=1S/C17H13BrClN3O/c18-15-6-5-14(9-16(15)19)21-17(23)13-3-1-12(2-4-13)10-22-8-7-20-11-22/h1-9,11H,10H2,(H,21,23). The number of nitrogens with zero attached hydrogens (tertiary/aromatic N) is 2. The minimum atomic E-state index is -0.169. The highest BCUT2D eigenvalue weighted by Crippen LogP contribution is 2.25. The summed E-state index contributed by atoms with van der Waals surface area (Å²) in [7, 11) is 0. The van der Waals surface area contributed by atoms with Crippen LogP contribution in [0, 0.1) is 0 Å². The van der Waals surface area contributed by atoms with Crippen LogP contribution in [0.4, 0.5) is 5.69 Å². The maximum Gasteiger partial charge on any atom is 0.255 e. The molecule has 0 bridgehead atoms. The van der Waals surface area contributed by atoms with Gasteiger partial charge in [0.25, 0.3) is 5.91 Å². The van der Waals surface area contributed by atoms with Gasteiger partial charge in [-0.15, -0.1) is 0 Å². The van der Waals surface area contributed by atoms with Gasteiger partial charge in [0, 0.05) is 34.7 Å². The lowest BCUT2D eigenvalue weighted by molar-refractivity contribution is 0.102. The zero-order valence-corrected chi connectivity index (χ0v) is 14.4. The Morgan fingerprint density at radius 1 is 1.22 bits per heavy atom. The molecule has 116 valence electrons. The molecular weight excluding hydrogens is 378 g/mol. The van der Waals surface area contributed by atoms with Crippen molar-refractivity contribution in [1.29, 1.82) is 0 Å². The van der Waals surface area contributed by atoms with E-state index in [1.54, 1.807) is 30.7 Å². The Morgan fingerprint density at radius 2 is 2.00 bits per heavy atom. The molecule has 0 spiro atoms. The summed E-state index contributed by atoms with van der Waals surface area (Å²) in [4.78, 5) is 16.3. The lowest BCUT2D eigenvalue weighted by Crippen LogP contribution is -2.12. The largest absolute Gasteiger partial charge is 0.333 e. The highest BCUT2D eigenvalue weighted by atomic mass is 79.9. The second-order valence-corrected chi connectivity index (χ2v) is 6.28. The highest BCUT2D eigenvalue weighted by Gasteiger charge is 2.07. The van der Waals surface area contributed by atoms with E-state index in [-0.39, 0.29) is 5.91 Å². The first kappa shape index (κ1) is 15.8. The molecule has 1 amide bonds. The van der Waals surface area contributed by atoms with E-state index in [2.05, 4.69) is 26.2 Å².